The molecule has 0 bridgehead atoms. The molecule has 2 N–H and O–H groups in total. The van der Waals surface area contributed by atoms with Crippen LogP contribution in [0.3, 0.4) is 0 Å². The maximum absolute atomic E-state index is 4.58. The van der Waals surface area contributed by atoms with Crippen LogP contribution in [0.1, 0.15) is 35.6 Å². The van der Waals surface area contributed by atoms with Gasteiger partial charge < -0.3 is 9.88 Å². The number of nitrogens with zero attached hydrogens (tertiary/aromatic N) is 4. The van der Waals surface area contributed by atoms with Crippen LogP contribution >= 0.6 is 0 Å². The van der Waals surface area contributed by atoms with Crippen LogP contribution in [0.5, 0.6) is 0 Å². The van der Waals surface area contributed by atoms with Crippen molar-refractivity contribution < 1.29 is 0 Å². The van der Waals surface area contributed by atoms with Crippen molar-refractivity contribution in [3.05, 3.63) is 71.9 Å². The predicted molar refractivity (Wildman–Crippen MR) is 106 cm³/mol. The van der Waals surface area contributed by atoms with Gasteiger partial charge in [-0.05, 0) is 30.0 Å². The zero-order valence-electron chi connectivity index (χ0n) is 15.1. The Morgan fingerprint density at radius 3 is 2.96 bits per heavy atom. The summed E-state index contributed by atoms with van der Waals surface area (Å²) in [5.74, 6) is 1.46. The number of H-pyrrole nitrogens is 2. The van der Waals surface area contributed by atoms with Gasteiger partial charge in [-0.25, -0.2) is 9.97 Å². The van der Waals surface area contributed by atoms with Crippen LogP contribution < -0.4 is 4.90 Å². The molecule has 1 aromatic carbocycles. The molecule has 6 nitrogen and oxygen atoms in total. The second kappa shape index (κ2) is 6.87. The first-order chi connectivity index (χ1) is 13.4. The van der Waals surface area contributed by atoms with Gasteiger partial charge in [0.15, 0.2) is 0 Å². The normalized spacial score (nSPS) is 17.5. The lowest BCUT2D eigenvalue weighted by atomic mass is 9.90. The summed E-state index contributed by atoms with van der Waals surface area (Å²) in [5, 5.41) is 8.73. The van der Waals surface area contributed by atoms with Crippen LogP contribution in [0.4, 0.5) is 5.82 Å². The molecule has 1 atom stereocenters. The minimum absolute atomic E-state index is 0.434. The molecule has 5 rings (SSSR count). The van der Waals surface area contributed by atoms with Crippen LogP contribution in [0.25, 0.3) is 11.0 Å². The molecule has 136 valence electrons. The molecular weight excluding hydrogens is 336 g/mol. The molecule has 3 aromatic heterocycles. The number of piperidine rings is 1. The monoisotopic (exact) mass is 358 g/mol. The summed E-state index contributed by atoms with van der Waals surface area (Å²) in [6, 6.07) is 12.7. The Balaban J connectivity index is 1.41. The third kappa shape index (κ3) is 3.07. The maximum atomic E-state index is 4.58. The number of fused-ring (bicyclic) bond motifs is 1. The Kier molecular flexibility index (Phi) is 4.08. The van der Waals surface area contributed by atoms with Gasteiger partial charge in [-0.2, -0.15) is 5.10 Å². The fourth-order valence-electron chi connectivity index (χ4n) is 4.15. The first-order valence-corrected chi connectivity index (χ1v) is 9.47. The van der Waals surface area contributed by atoms with Crippen molar-refractivity contribution in [3.8, 4) is 0 Å². The summed E-state index contributed by atoms with van der Waals surface area (Å²) in [5.41, 5.74) is 4.77. The van der Waals surface area contributed by atoms with Gasteiger partial charge in [0.2, 0.25) is 0 Å². The third-order valence-electron chi connectivity index (χ3n) is 5.45. The summed E-state index contributed by atoms with van der Waals surface area (Å²) in [6.45, 7) is 1.97. The lowest BCUT2D eigenvalue weighted by molar-refractivity contribution is 0.496. The minimum Gasteiger partial charge on any atom is -0.355 e. The van der Waals surface area contributed by atoms with Crippen LogP contribution in [-0.4, -0.2) is 38.2 Å². The lowest BCUT2D eigenvalue weighted by Crippen LogP contribution is -2.35. The van der Waals surface area contributed by atoms with Gasteiger partial charge in [0.1, 0.15) is 17.8 Å². The van der Waals surface area contributed by atoms with Gasteiger partial charge in [-0.1, -0.05) is 30.3 Å². The van der Waals surface area contributed by atoms with Crippen molar-refractivity contribution in [3.63, 3.8) is 0 Å². The van der Waals surface area contributed by atoms with Gasteiger partial charge in [0.25, 0.3) is 0 Å². The number of aromatic nitrogens is 5. The fourth-order valence-corrected chi connectivity index (χ4v) is 4.15. The predicted octanol–water partition coefficient (Wildman–Crippen LogP) is 3.66. The van der Waals surface area contributed by atoms with E-state index >= 15 is 0 Å². The van der Waals surface area contributed by atoms with Gasteiger partial charge >= 0.3 is 0 Å². The first-order valence-electron chi connectivity index (χ1n) is 9.47. The Bertz CT molecular complexity index is 1030. The average Bonchev–Trinajstić information content (AvgIpc) is 3.38. The number of benzene rings is 1. The van der Waals surface area contributed by atoms with Crippen molar-refractivity contribution >= 4 is 16.9 Å². The Morgan fingerprint density at radius 1 is 1.11 bits per heavy atom. The zero-order valence-corrected chi connectivity index (χ0v) is 15.1. The van der Waals surface area contributed by atoms with E-state index in [4.69, 9.17) is 0 Å². The quantitative estimate of drug-likeness (QED) is 0.584. The van der Waals surface area contributed by atoms with Gasteiger partial charge in [0, 0.05) is 37.3 Å². The number of anilines is 1. The number of hydrogen-bond donors (Lipinski definition) is 2. The van der Waals surface area contributed by atoms with E-state index in [9.17, 15) is 0 Å². The van der Waals surface area contributed by atoms with Gasteiger partial charge in [-0.15, -0.1) is 0 Å². The Hall–Kier alpha value is -3.15. The van der Waals surface area contributed by atoms with E-state index in [1.807, 2.05) is 12.4 Å². The van der Waals surface area contributed by atoms with Crippen molar-refractivity contribution in [2.24, 2.45) is 0 Å². The SMILES string of the molecule is c1ccc(Cc2cn[nH]c2[C@@H]2CCCN(c3ncnc4[nH]ccc34)C2)cc1. The second-order valence-corrected chi connectivity index (χ2v) is 7.19. The summed E-state index contributed by atoms with van der Waals surface area (Å²) < 4.78 is 0. The molecule has 6 heteroatoms. The van der Waals surface area contributed by atoms with Gasteiger partial charge in [-0.3, -0.25) is 5.10 Å². The van der Waals surface area contributed by atoms with Crippen LogP contribution in [-0.2, 0) is 6.42 Å². The highest BCUT2D eigenvalue weighted by molar-refractivity contribution is 5.87. The molecule has 1 aliphatic rings. The lowest BCUT2D eigenvalue weighted by Gasteiger charge is -2.33. The van der Waals surface area contributed by atoms with Crippen LogP contribution in [0.15, 0.2) is 55.1 Å². The van der Waals surface area contributed by atoms with E-state index in [0.29, 0.717) is 5.92 Å². The number of hydrogen-bond acceptors (Lipinski definition) is 4. The molecule has 0 radical (unpaired) electrons. The largest absolute Gasteiger partial charge is 0.355 e. The Morgan fingerprint density at radius 2 is 2.04 bits per heavy atom. The topological polar surface area (TPSA) is 73.5 Å². The average molecular weight is 358 g/mol. The fraction of sp³-hybridized carbons (Fsp3) is 0.286. The van der Waals surface area contributed by atoms with Crippen molar-refractivity contribution in [1.29, 1.82) is 0 Å². The molecular formula is C21H22N6. The van der Waals surface area contributed by atoms with Crippen LogP contribution in [0.2, 0.25) is 0 Å². The van der Waals surface area contributed by atoms with Crippen molar-refractivity contribution in [1.82, 2.24) is 25.1 Å². The van der Waals surface area contributed by atoms with E-state index < -0.39 is 0 Å². The van der Waals surface area contributed by atoms with E-state index in [0.717, 1.165) is 42.8 Å². The number of rotatable bonds is 4. The molecule has 0 unspecified atom stereocenters. The van der Waals surface area contributed by atoms with Gasteiger partial charge in [0.05, 0.1) is 11.6 Å². The van der Waals surface area contributed by atoms with Crippen LogP contribution in [0, 0.1) is 0 Å². The number of aromatic amines is 2. The minimum atomic E-state index is 0.434. The van der Waals surface area contributed by atoms with E-state index in [1.54, 1.807) is 6.33 Å². The highest BCUT2D eigenvalue weighted by Gasteiger charge is 2.26. The molecule has 4 heterocycles. The molecule has 0 amide bonds. The molecule has 1 aliphatic heterocycles. The number of nitrogens with one attached hydrogen (secondary N) is 2. The Labute approximate surface area is 157 Å². The molecule has 27 heavy (non-hydrogen) atoms. The summed E-state index contributed by atoms with van der Waals surface area (Å²) >= 11 is 0. The first kappa shape index (κ1) is 16.1. The van der Waals surface area contributed by atoms with Crippen molar-refractivity contribution in [2.75, 3.05) is 18.0 Å². The molecule has 0 spiro atoms. The van der Waals surface area contributed by atoms with E-state index in [1.165, 1.54) is 23.2 Å². The second-order valence-electron chi connectivity index (χ2n) is 7.19. The third-order valence-corrected chi connectivity index (χ3v) is 5.45. The molecule has 1 saturated heterocycles. The van der Waals surface area contributed by atoms with Crippen molar-refractivity contribution in [2.45, 2.75) is 25.2 Å². The molecule has 0 saturated carbocycles. The zero-order chi connectivity index (χ0) is 18.1. The standard InChI is InChI=1S/C21H22N6/c1-2-5-15(6-3-1)11-17-12-25-26-19(17)16-7-4-10-27(13-16)21-18-8-9-22-20(18)23-14-24-21/h1-3,5-6,8-9,12,14,16H,4,7,10-11,13H2,(H,25,26)(H,22,23,24)/t16-/m1/s1. The van der Waals surface area contributed by atoms with E-state index in [-0.39, 0.29) is 0 Å². The smallest absolute Gasteiger partial charge is 0.142 e. The summed E-state index contributed by atoms with van der Waals surface area (Å²) in [6.07, 6.45) is 8.78. The molecule has 1 fully saturated rings. The maximum Gasteiger partial charge on any atom is 0.142 e. The van der Waals surface area contributed by atoms with E-state index in [2.05, 4.69) is 66.4 Å². The highest BCUT2D eigenvalue weighted by Crippen LogP contribution is 2.32. The highest BCUT2D eigenvalue weighted by atomic mass is 15.2. The molecule has 4 aromatic rings. The summed E-state index contributed by atoms with van der Waals surface area (Å²) in [4.78, 5) is 14.5. The summed E-state index contributed by atoms with van der Waals surface area (Å²) in [7, 11) is 0. The molecule has 0 aliphatic carbocycles.